The highest BCUT2D eigenvalue weighted by Gasteiger charge is 2.07. The van der Waals surface area contributed by atoms with Crippen LogP contribution in [0.1, 0.15) is 55.8 Å². The summed E-state index contributed by atoms with van der Waals surface area (Å²) in [5.74, 6) is -0.0688. The van der Waals surface area contributed by atoms with Gasteiger partial charge in [-0.2, -0.15) is 0 Å². The summed E-state index contributed by atoms with van der Waals surface area (Å²) in [6.45, 7) is 2.26. The first-order valence-electron chi connectivity index (χ1n) is 7.09. The van der Waals surface area contributed by atoms with E-state index in [1.807, 2.05) is 18.2 Å². The smallest absolute Gasteiger partial charge is 0.220 e. The number of nitrogens with one attached hydrogen (secondary N) is 1. The van der Waals surface area contributed by atoms with Gasteiger partial charge in [0.2, 0.25) is 5.91 Å². The normalized spacial score (nSPS) is 10.2. The van der Waals surface area contributed by atoms with E-state index in [1.165, 1.54) is 19.3 Å². The van der Waals surface area contributed by atoms with Gasteiger partial charge in [-0.1, -0.05) is 62.9 Å². The molecular formula is C16H23NO2. The number of amides is 1. The van der Waals surface area contributed by atoms with E-state index in [9.17, 15) is 9.59 Å². The van der Waals surface area contributed by atoms with Crippen LogP contribution in [0, 0.1) is 0 Å². The van der Waals surface area contributed by atoms with E-state index in [4.69, 9.17) is 0 Å². The lowest BCUT2D eigenvalue weighted by atomic mass is 10.1. The van der Waals surface area contributed by atoms with E-state index in [0.717, 1.165) is 12.8 Å². The van der Waals surface area contributed by atoms with Crippen LogP contribution in [0.3, 0.4) is 0 Å². The van der Waals surface area contributed by atoms with E-state index in [0.29, 0.717) is 12.0 Å². The maximum Gasteiger partial charge on any atom is 0.220 e. The van der Waals surface area contributed by atoms with Crippen molar-refractivity contribution in [2.45, 2.75) is 45.4 Å². The third-order valence-corrected chi connectivity index (χ3v) is 3.05. The van der Waals surface area contributed by atoms with Crippen LogP contribution in [-0.4, -0.2) is 18.2 Å². The maximum absolute atomic E-state index is 11.7. The first-order chi connectivity index (χ1) is 9.24. The summed E-state index contributed by atoms with van der Waals surface area (Å²) >= 11 is 0. The van der Waals surface area contributed by atoms with Crippen molar-refractivity contribution >= 4 is 11.7 Å². The lowest BCUT2D eigenvalue weighted by molar-refractivity contribution is -0.121. The van der Waals surface area contributed by atoms with Gasteiger partial charge in [-0.15, -0.1) is 0 Å². The highest BCUT2D eigenvalue weighted by molar-refractivity contribution is 5.99. The standard InChI is InChI=1S/C16H23NO2/c1-2-3-4-5-9-12-16(19)17-13-15(18)14-10-7-6-8-11-14/h6-8,10-11H,2-5,9,12-13H2,1H3,(H,17,19). The zero-order valence-corrected chi connectivity index (χ0v) is 11.7. The monoisotopic (exact) mass is 261 g/mol. The van der Waals surface area contributed by atoms with Crippen molar-refractivity contribution in [2.24, 2.45) is 0 Å². The third-order valence-electron chi connectivity index (χ3n) is 3.05. The van der Waals surface area contributed by atoms with E-state index in [-0.39, 0.29) is 18.2 Å². The predicted molar refractivity (Wildman–Crippen MR) is 77.2 cm³/mol. The number of carbonyl (C=O) groups is 2. The number of rotatable bonds is 9. The van der Waals surface area contributed by atoms with Gasteiger partial charge in [0, 0.05) is 12.0 Å². The molecule has 0 bridgehead atoms. The second-order valence-corrected chi connectivity index (χ2v) is 4.73. The molecule has 0 unspecified atom stereocenters. The van der Waals surface area contributed by atoms with Crippen LogP contribution in [0.5, 0.6) is 0 Å². The Morgan fingerprint density at radius 1 is 1.00 bits per heavy atom. The summed E-state index contributed by atoms with van der Waals surface area (Å²) in [6, 6.07) is 9.04. The maximum atomic E-state index is 11.7. The average molecular weight is 261 g/mol. The summed E-state index contributed by atoms with van der Waals surface area (Å²) in [6.07, 6.45) is 6.14. The molecule has 0 spiro atoms. The first-order valence-corrected chi connectivity index (χ1v) is 7.09. The van der Waals surface area contributed by atoms with Crippen LogP contribution in [0.15, 0.2) is 30.3 Å². The highest BCUT2D eigenvalue weighted by Crippen LogP contribution is 2.05. The first kappa shape index (κ1) is 15.4. The fraction of sp³-hybridized carbons (Fsp3) is 0.500. The number of benzene rings is 1. The average Bonchev–Trinajstić information content (AvgIpc) is 2.45. The topological polar surface area (TPSA) is 46.2 Å². The Morgan fingerprint density at radius 3 is 2.37 bits per heavy atom. The Labute approximate surface area is 115 Å². The minimum atomic E-state index is -0.0417. The Bertz CT molecular complexity index is 387. The van der Waals surface area contributed by atoms with E-state index in [1.54, 1.807) is 12.1 Å². The van der Waals surface area contributed by atoms with Crippen molar-refractivity contribution in [3.8, 4) is 0 Å². The van der Waals surface area contributed by atoms with Crippen LogP contribution in [0.4, 0.5) is 0 Å². The Hall–Kier alpha value is -1.64. The molecule has 0 saturated heterocycles. The summed E-state index contributed by atoms with van der Waals surface area (Å²) < 4.78 is 0. The molecule has 1 aromatic carbocycles. The molecule has 104 valence electrons. The lowest BCUT2D eigenvalue weighted by Gasteiger charge is -2.04. The second kappa shape index (κ2) is 9.31. The van der Waals surface area contributed by atoms with Crippen molar-refractivity contribution in [3.63, 3.8) is 0 Å². The summed E-state index contributed by atoms with van der Waals surface area (Å²) in [4.78, 5) is 23.3. The van der Waals surface area contributed by atoms with Gasteiger partial charge in [0.25, 0.3) is 0 Å². The van der Waals surface area contributed by atoms with Crippen molar-refractivity contribution in [1.82, 2.24) is 5.32 Å². The van der Waals surface area contributed by atoms with Crippen LogP contribution in [0.2, 0.25) is 0 Å². The molecule has 0 aliphatic heterocycles. The molecule has 0 radical (unpaired) electrons. The van der Waals surface area contributed by atoms with Gasteiger partial charge in [0.1, 0.15) is 0 Å². The number of unbranched alkanes of at least 4 members (excludes halogenated alkanes) is 4. The number of Topliss-reactive ketones (excluding diaryl/α,β-unsaturated/α-hetero) is 1. The molecule has 1 N–H and O–H groups in total. The van der Waals surface area contributed by atoms with Gasteiger partial charge in [0.05, 0.1) is 6.54 Å². The molecule has 0 atom stereocenters. The van der Waals surface area contributed by atoms with Gasteiger partial charge < -0.3 is 5.32 Å². The molecule has 0 aromatic heterocycles. The fourth-order valence-corrected chi connectivity index (χ4v) is 1.88. The number of hydrogen-bond acceptors (Lipinski definition) is 2. The van der Waals surface area contributed by atoms with E-state index in [2.05, 4.69) is 12.2 Å². The van der Waals surface area contributed by atoms with Crippen molar-refractivity contribution in [2.75, 3.05) is 6.54 Å². The van der Waals surface area contributed by atoms with E-state index < -0.39 is 0 Å². The Kier molecular flexibility index (Phi) is 7.56. The number of carbonyl (C=O) groups excluding carboxylic acids is 2. The molecule has 1 aromatic rings. The van der Waals surface area contributed by atoms with Crippen LogP contribution < -0.4 is 5.32 Å². The summed E-state index contributed by atoms with van der Waals surface area (Å²) in [7, 11) is 0. The molecule has 0 fully saturated rings. The zero-order chi connectivity index (χ0) is 13.9. The van der Waals surface area contributed by atoms with Crippen LogP contribution in [0.25, 0.3) is 0 Å². The molecule has 0 heterocycles. The van der Waals surface area contributed by atoms with Crippen molar-refractivity contribution in [1.29, 1.82) is 0 Å². The molecule has 1 rings (SSSR count). The van der Waals surface area contributed by atoms with Gasteiger partial charge in [-0.25, -0.2) is 0 Å². The largest absolute Gasteiger partial charge is 0.349 e. The SMILES string of the molecule is CCCCCCCC(=O)NCC(=O)c1ccccc1. The quantitative estimate of drug-likeness (QED) is 0.547. The molecule has 0 saturated carbocycles. The molecule has 0 aliphatic carbocycles. The number of ketones is 1. The summed E-state index contributed by atoms with van der Waals surface area (Å²) in [5.41, 5.74) is 0.644. The van der Waals surface area contributed by atoms with Gasteiger partial charge in [-0.05, 0) is 6.42 Å². The van der Waals surface area contributed by atoms with Crippen molar-refractivity contribution in [3.05, 3.63) is 35.9 Å². The Morgan fingerprint density at radius 2 is 1.68 bits per heavy atom. The minimum absolute atomic E-state index is 0.0271. The Balaban J connectivity index is 2.15. The molecule has 3 nitrogen and oxygen atoms in total. The molecule has 1 amide bonds. The summed E-state index contributed by atoms with van der Waals surface area (Å²) in [5, 5.41) is 2.68. The fourth-order valence-electron chi connectivity index (χ4n) is 1.88. The molecular weight excluding hydrogens is 238 g/mol. The minimum Gasteiger partial charge on any atom is -0.349 e. The van der Waals surface area contributed by atoms with Gasteiger partial charge >= 0.3 is 0 Å². The lowest BCUT2D eigenvalue weighted by Crippen LogP contribution is -2.29. The van der Waals surface area contributed by atoms with Crippen LogP contribution >= 0.6 is 0 Å². The molecule has 0 aliphatic rings. The molecule has 3 heteroatoms. The highest BCUT2D eigenvalue weighted by atomic mass is 16.2. The third kappa shape index (κ3) is 6.75. The van der Waals surface area contributed by atoms with Gasteiger partial charge in [-0.3, -0.25) is 9.59 Å². The molecule has 19 heavy (non-hydrogen) atoms. The van der Waals surface area contributed by atoms with E-state index >= 15 is 0 Å². The second-order valence-electron chi connectivity index (χ2n) is 4.73. The number of hydrogen-bond donors (Lipinski definition) is 1. The van der Waals surface area contributed by atoms with Crippen molar-refractivity contribution < 1.29 is 9.59 Å². The predicted octanol–water partition coefficient (Wildman–Crippen LogP) is 3.35. The zero-order valence-electron chi connectivity index (χ0n) is 11.7. The van der Waals surface area contributed by atoms with Gasteiger partial charge in [0.15, 0.2) is 5.78 Å². The van der Waals surface area contributed by atoms with Crippen LogP contribution in [-0.2, 0) is 4.79 Å².